The standard InChI is InChI=1S/C15H17NO2S/c1-3-11-6-7-19-14(11)9-16-15(18)12-4-5-13(17)10(2)8-12/h4-8,17H,3,9H2,1-2H3,(H,16,18). The third-order valence-electron chi connectivity index (χ3n) is 3.09. The smallest absolute Gasteiger partial charge is 0.251 e. The summed E-state index contributed by atoms with van der Waals surface area (Å²) in [5.74, 6) is 0.0987. The van der Waals surface area contributed by atoms with Crippen LogP contribution in [-0.2, 0) is 13.0 Å². The average Bonchev–Trinajstić information content (AvgIpc) is 2.86. The molecule has 3 nitrogen and oxygen atoms in total. The second-order valence-electron chi connectivity index (χ2n) is 4.41. The summed E-state index contributed by atoms with van der Waals surface area (Å²) in [6.07, 6.45) is 0.979. The minimum atomic E-state index is -0.112. The van der Waals surface area contributed by atoms with E-state index in [-0.39, 0.29) is 11.7 Å². The van der Waals surface area contributed by atoms with Gasteiger partial charge in [-0.3, -0.25) is 4.79 Å². The normalized spacial score (nSPS) is 10.4. The molecule has 0 unspecified atom stereocenters. The first kappa shape index (κ1) is 13.6. The quantitative estimate of drug-likeness (QED) is 0.900. The van der Waals surface area contributed by atoms with Crippen molar-refractivity contribution in [3.05, 3.63) is 51.2 Å². The molecular formula is C15H17NO2S. The van der Waals surface area contributed by atoms with Crippen LogP contribution in [0.1, 0.15) is 33.3 Å². The molecule has 1 amide bonds. The van der Waals surface area contributed by atoms with Crippen molar-refractivity contribution in [2.45, 2.75) is 26.8 Å². The Kier molecular flexibility index (Phi) is 4.22. The molecule has 0 aliphatic heterocycles. The van der Waals surface area contributed by atoms with Crippen LogP contribution in [0.5, 0.6) is 5.75 Å². The Balaban J connectivity index is 2.03. The van der Waals surface area contributed by atoms with Gasteiger partial charge in [-0.1, -0.05) is 6.92 Å². The molecule has 0 saturated heterocycles. The predicted molar refractivity (Wildman–Crippen MR) is 77.7 cm³/mol. The fourth-order valence-electron chi connectivity index (χ4n) is 1.90. The lowest BCUT2D eigenvalue weighted by molar-refractivity contribution is 0.0951. The van der Waals surface area contributed by atoms with E-state index in [9.17, 15) is 9.90 Å². The summed E-state index contributed by atoms with van der Waals surface area (Å²) in [5, 5.41) is 14.4. The van der Waals surface area contributed by atoms with E-state index in [1.54, 1.807) is 36.5 Å². The van der Waals surface area contributed by atoms with Crippen LogP contribution in [0, 0.1) is 6.92 Å². The van der Waals surface area contributed by atoms with Gasteiger partial charge in [0.2, 0.25) is 0 Å². The first-order chi connectivity index (χ1) is 9.11. The Morgan fingerprint density at radius 1 is 1.37 bits per heavy atom. The number of carbonyl (C=O) groups is 1. The molecule has 0 radical (unpaired) electrons. The van der Waals surface area contributed by atoms with Gasteiger partial charge in [-0.05, 0) is 54.1 Å². The maximum absolute atomic E-state index is 12.0. The van der Waals surface area contributed by atoms with Gasteiger partial charge in [-0.25, -0.2) is 0 Å². The number of aromatic hydroxyl groups is 1. The zero-order chi connectivity index (χ0) is 13.8. The highest BCUT2D eigenvalue weighted by Gasteiger charge is 2.09. The lowest BCUT2D eigenvalue weighted by Gasteiger charge is -2.07. The van der Waals surface area contributed by atoms with Gasteiger partial charge >= 0.3 is 0 Å². The second-order valence-corrected chi connectivity index (χ2v) is 5.41. The average molecular weight is 275 g/mol. The molecule has 19 heavy (non-hydrogen) atoms. The summed E-state index contributed by atoms with van der Waals surface area (Å²) in [4.78, 5) is 13.2. The van der Waals surface area contributed by atoms with Crippen molar-refractivity contribution < 1.29 is 9.90 Å². The van der Waals surface area contributed by atoms with Crippen LogP contribution in [0.4, 0.5) is 0 Å². The first-order valence-corrected chi connectivity index (χ1v) is 7.13. The monoisotopic (exact) mass is 275 g/mol. The van der Waals surface area contributed by atoms with Crippen LogP contribution in [0.15, 0.2) is 29.6 Å². The van der Waals surface area contributed by atoms with Gasteiger partial charge in [0.15, 0.2) is 0 Å². The van der Waals surface area contributed by atoms with E-state index in [2.05, 4.69) is 18.3 Å². The largest absolute Gasteiger partial charge is 0.508 e. The Labute approximate surface area is 116 Å². The fourth-order valence-corrected chi connectivity index (χ4v) is 2.81. The molecule has 0 bridgehead atoms. The van der Waals surface area contributed by atoms with Gasteiger partial charge in [-0.2, -0.15) is 0 Å². The third kappa shape index (κ3) is 3.15. The molecule has 0 atom stereocenters. The number of phenols is 1. The van der Waals surface area contributed by atoms with Gasteiger partial charge in [0.1, 0.15) is 5.75 Å². The van der Waals surface area contributed by atoms with Crippen molar-refractivity contribution in [2.75, 3.05) is 0 Å². The van der Waals surface area contributed by atoms with Gasteiger partial charge in [0.05, 0.1) is 6.54 Å². The van der Waals surface area contributed by atoms with E-state index in [4.69, 9.17) is 0 Å². The minimum absolute atomic E-state index is 0.112. The van der Waals surface area contributed by atoms with Gasteiger partial charge in [0, 0.05) is 10.4 Å². The van der Waals surface area contributed by atoms with Crippen LogP contribution < -0.4 is 5.32 Å². The molecule has 2 N–H and O–H groups in total. The molecule has 1 heterocycles. The predicted octanol–water partition coefficient (Wildman–Crippen LogP) is 3.25. The molecule has 0 aliphatic rings. The van der Waals surface area contributed by atoms with E-state index in [0.29, 0.717) is 17.7 Å². The Hall–Kier alpha value is -1.81. The van der Waals surface area contributed by atoms with Crippen LogP contribution in [0.2, 0.25) is 0 Å². The van der Waals surface area contributed by atoms with Crippen LogP contribution in [-0.4, -0.2) is 11.0 Å². The Morgan fingerprint density at radius 2 is 2.16 bits per heavy atom. The summed E-state index contributed by atoms with van der Waals surface area (Å²) in [7, 11) is 0. The maximum atomic E-state index is 12.0. The molecule has 1 aromatic carbocycles. The Morgan fingerprint density at radius 3 is 2.84 bits per heavy atom. The van der Waals surface area contributed by atoms with Crippen molar-refractivity contribution in [1.29, 1.82) is 0 Å². The number of hydrogen-bond acceptors (Lipinski definition) is 3. The molecule has 0 fully saturated rings. The number of aryl methyl sites for hydroxylation is 2. The number of rotatable bonds is 4. The Bertz CT molecular complexity index is 590. The molecule has 2 rings (SSSR count). The highest BCUT2D eigenvalue weighted by molar-refractivity contribution is 7.10. The van der Waals surface area contributed by atoms with E-state index < -0.39 is 0 Å². The van der Waals surface area contributed by atoms with Crippen LogP contribution in [0.3, 0.4) is 0 Å². The lowest BCUT2D eigenvalue weighted by Crippen LogP contribution is -2.22. The maximum Gasteiger partial charge on any atom is 0.251 e. The lowest BCUT2D eigenvalue weighted by atomic mass is 10.1. The van der Waals surface area contributed by atoms with Crippen molar-refractivity contribution in [3.63, 3.8) is 0 Å². The highest BCUT2D eigenvalue weighted by atomic mass is 32.1. The fraction of sp³-hybridized carbons (Fsp3) is 0.267. The van der Waals surface area contributed by atoms with Gasteiger partial charge < -0.3 is 10.4 Å². The van der Waals surface area contributed by atoms with Crippen LogP contribution >= 0.6 is 11.3 Å². The minimum Gasteiger partial charge on any atom is -0.508 e. The van der Waals surface area contributed by atoms with Crippen molar-refractivity contribution in [3.8, 4) is 5.75 Å². The molecule has 0 saturated carbocycles. The molecule has 100 valence electrons. The number of nitrogens with one attached hydrogen (secondary N) is 1. The van der Waals surface area contributed by atoms with Crippen molar-refractivity contribution >= 4 is 17.2 Å². The van der Waals surface area contributed by atoms with Crippen molar-refractivity contribution in [2.24, 2.45) is 0 Å². The van der Waals surface area contributed by atoms with Crippen LogP contribution in [0.25, 0.3) is 0 Å². The number of amides is 1. The van der Waals surface area contributed by atoms with E-state index >= 15 is 0 Å². The highest BCUT2D eigenvalue weighted by Crippen LogP contribution is 2.19. The number of phenolic OH excluding ortho intramolecular Hbond substituents is 1. The number of thiophene rings is 1. The first-order valence-electron chi connectivity index (χ1n) is 6.25. The molecular weight excluding hydrogens is 258 g/mol. The number of hydrogen-bond donors (Lipinski definition) is 2. The molecule has 4 heteroatoms. The number of benzene rings is 1. The summed E-state index contributed by atoms with van der Waals surface area (Å²) < 4.78 is 0. The molecule has 0 aliphatic carbocycles. The van der Waals surface area contributed by atoms with Gasteiger partial charge in [0.25, 0.3) is 5.91 Å². The molecule has 2 aromatic rings. The molecule has 1 aromatic heterocycles. The summed E-state index contributed by atoms with van der Waals surface area (Å²) in [6, 6.07) is 6.97. The molecule has 0 spiro atoms. The zero-order valence-electron chi connectivity index (χ0n) is 11.1. The summed E-state index contributed by atoms with van der Waals surface area (Å²) >= 11 is 1.66. The SMILES string of the molecule is CCc1ccsc1CNC(=O)c1ccc(O)c(C)c1. The number of carbonyl (C=O) groups excluding carboxylic acids is 1. The summed E-state index contributed by atoms with van der Waals surface area (Å²) in [5.41, 5.74) is 2.56. The van der Waals surface area contributed by atoms with E-state index in [1.807, 2.05) is 5.38 Å². The summed E-state index contributed by atoms with van der Waals surface area (Å²) in [6.45, 7) is 4.44. The zero-order valence-corrected chi connectivity index (χ0v) is 11.9. The van der Waals surface area contributed by atoms with Crippen molar-refractivity contribution in [1.82, 2.24) is 5.32 Å². The van der Waals surface area contributed by atoms with E-state index in [1.165, 1.54) is 10.4 Å². The van der Waals surface area contributed by atoms with Gasteiger partial charge in [-0.15, -0.1) is 11.3 Å². The topological polar surface area (TPSA) is 49.3 Å². The second kappa shape index (κ2) is 5.89. The van der Waals surface area contributed by atoms with E-state index in [0.717, 1.165) is 6.42 Å². The third-order valence-corrected chi connectivity index (χ3v) is 4.05.